The molecule has 0 aliphatic carbocycles. The van der Waals surface area contributed by atoms with Crippen molar-refractivity contribution in [2.75, 3.05) is 13.1 Å². The number of aryl methyl sites for hydroxylation is 2. The van der Waals surface area contributed by atoms with E-state index in [2.05, 4.69) is 64.3 Å². The third-order valence-electron chi connectivity index (χ3n) is 4.62. The lowest BCUT2D eigenvalue weighted by Gasteiger charge is -2.27. The van der Waals surface area contributed by atoms with Crippen LogP contribution in [0.15, 0.2) is 12.1 Å². The molecule has 0 amide bonds. The average Bonchev–Trinajstić information content (AvgIpc) is 2.74. The molecule has 1 aliphatic rings. The Hall–Kier alpha value is -0.860. The molecule has 0 aromatic heterocycles. The van der Waals surface area contributed by atoms with Gasteiger partial charge < -0.3 is 10.6 Å². The molecule has 1 heterocycles. The topological polar surface area (TPSA) is 24.1 Å². The van der Waals surface area contributed by atoms with E-state index < -0.39 is 0 Å². The molecule has 1 aliphatic heterocycles. The van der Waals surface area contributed by atoms with E-state index in [4.69, 9.17) is 0 Å². The highest BCUT2D eigenvalue weighted by molar-refractivity contribution is 5.40. The minimum absolute atomic E-state index is 0.225. The average molecular weight is 274 g/mol. The van der Waals surface area contributed by atoms with Crippen LogP contribution in [0.2, 0.25) is 0 Å². The number of benzene rings is 1. The van der Waals surface area contributed by atoms with Crippen LogP contribution in [0.4, 0.5) is 0 Å². The summed E-state index contributed by atoms with van der Waals surface area (Å²) in [7, 11) is 0. The van der Waals surface area contributed by atoms with Gasteiger partial charge in [0.2, 0.25) is 0 Å². The summed E-state index contributed by atoms with van der Waals surface area (Å²) in [5.74, 6) is 0. The second-order valence-corrected chi connectivity index (χ2v) is 7.68. The highest BCUT2D eigenvalue weighted by Crippen LogP contribution is 2.27. The lowest BCUT2D eigenvalue weighted by atomic mass is 9.83. The molecule has 1 atom stereocenters. The molecule has 1 fully saturated rings. The van der Waals surface area contributed by atoms with Crippen molar-refractivity contribution in [1.82, 2.24) is 10.6 Å². The first-order valence-corrected chi connectivity index (χ1v) is 7.78. The van der Waals surface area contributed by atoms with Crippen LogP contribution < -0.4 is 10.6 Å². The molecule has 0 radical (unpaired) electrons. The van der Waals surface area contributed by atoms with Gasteiger partial charge in [-0.05, 0) is 61.4 Å². The van der Waals surface area contributed by atoms with Crippen molar-refractivity contribution < 1.29 is 0 Å². The summed E-state index contributed by atoms with van der Waals surface area (Å²) >= 11 is 0. The molecule has 1 saturated heterocycles. The van der Waals surface area contributed by atoms with Gasteiger partial charge in [0.05, 0.1) is 0 Å². The monoisotopic (exact) mass is 274 g/mol. The second-order valence-electron chi connectivity index (χ2n) is 7.68. The summed E-state index contributed by atoms with van der Waals surface area (Å²) in [5.41, 5.74) is 6.20. The van der Waals surface area contributed by atoms with Gasteiger partial charge in [0.1, 0.15) is 0 Å². The van der Waals surface area contributed by atoms with Crippen molar-refractivity contribution in [3.8, 4) is 0 Å². The SMILES string of the molecule is Cc1cc(C(C)(C)C)cc(C)c1CNC1(C)CCNC1. The Bertz CT molecular complexity index is 454. The predicted molar refractivity (Wildman–Crippen MR) is 87.3 cm³/mol. The van der Waals surface area contributed by atoms with Gasteiger partial charge in [0.25, 0.3) is 0 Å². The normalized spacial score (nSPS) is 23.3. The van der Waals surface area contributed by atoms with Gasteiger partial charge in [-0.15, -0.1) is 0 Å². The van der Waals surface area contributed by atoms with Gasteiger partial charge in [-0.25, -0.2) is 0 Å². The van der Waals surface area contributed by atoms with Crippen LogP contribution in [0.5, 0.6) is 0 Å². The molecular formula is C18H30N2. The number of hydrogen-bond donors (Lipinski definition) is 2. The largest absolute Gasteiger partial charge is 0.315 e. The van der Waals surface area contributed by atoms with Crippen molar-refractivity contribution in [2.24, 2.45) is 0 Å². The summed E-state index contributed by atoms with van der Waals surface area (Å²) in [6.45, 7) is 16.8. The minimum atomic E-state index is 0.225. The smallest absolute Gasteiger partial charge is 0.0293 e. The molecule has 1 aromatic rings. The van der Waals surface area contributed by atoms with E-state index in [1.165, 1.54) is 28.7 Å². The lowest BCUT2D eigenvalue weighted by molar-refractivity contribution is 0.385. The lowest BCUT2D eigenvalue weighted by Crippen LogP contribution is -2.43. The molecule has 0 saturated carbocycles. The van der Waals surface area contributed by atoms with Gasteiger partial charge in [0, 0.05) is 18.6 Å². The molecular weight excluding hydrogens is 244 g/mol. The van der Waals surface area contributed by atoms with Gasteiger partial charge >= 0.3 is 0 Å². The first kappa shape index (κ1) is 15.5. The zero-order valence-electron chi connectivity index (χ0n) is 14.0. The Morgan fingerprint density at radius 3 is 2.25 bits per heavy atom. The fourth-order valence-electron chi connectivity index (χ4n) is 2.97. The standard InChI is InChI=1S/C18H30N2/c1-13-9-15(17(3,4)5)10-14(2)16(13)11-20-18(6)7-8-19-12-18/h9-10,19-20H,7-8,11-12H2,1-6H3. The van der Waals surface area contributed by atoms with E-state index in [0.717, 1.165) is 19.6 Å². The molecule has 2 rings (SSSR count). The van der Waals surface area contributed by atoms with Crippen LogP contribution in [0.3, 0.4) is 0 Å². The van der Waals surface area contributed by atoms with E-state index in [1.54, 1.807) is 0 Å². The van der Waals surface area contributed by atoms with Crippen LogP contribution in [0.1, 0.15) is 56.4 Å². The van der Waals surface area contributed by atoms with Crippen molar-refractivity contribution in [3.63, 3.8) is 0 Å². The number of rotatable bonds is 3. The molecule has 2 heteroatoms. The first-order chi connectivity index (χ1) is 9.21. The maximum absolute atomic E-state index is 3.75. The maximum atomic E-state index is 3.75. The summed E-state index contributed by atoms with van der Waals surface area (Å²) in [6.07, 6.45) is 1.21. The van der Waals surface area contributed by atoms with Crippen LogP contribution in [0, 0.1) is 13.8 Å². The Kier molecular flexibility index (Phi) is 4.27. The molecule has 0 spiro atoms. The van der Waals surface area contributed by atoms with E-state index in [-0.39, 0.29) is 11.0 Å². The highest BCUT2D eigenvalue weighted by atomic mass is 15.1. The van der Waals surface area contributed by atoms with Crippen molar-refractivity contribution in [3.05, 3.63) is 34.4 Å². The fourth-order valence-corrected chi connectivity index (χ4v) is 2.97. The van der Waals surface area contributed by atoms with Crippen molar-refractivity contribution >= 4 is 0 Å². The van der Waals surface area contributed by atoms with Gasteiger partial charge in [-0.3, -0.25) is 0 Å². The molecule has 1 unspecified atom stereocenters. The molecule has 1 aromatic carbocycles. The van der Waals surface area contributed by atoms with E-state index >= 15 is 0 Å². The highest BCUT2D eigenvalue weighted by Gasteiger charge is 2.27. The van der Waals surface area contributed by atoms with E-state index in [1.807, 2.05) is 0 Å². The van der Waals surface area contributed by atoms with Crippen LogP contribution in [0.25, 0.3) is 0 Å². The van der Waals surface area contributed by atoms with Crippen LogP contribution >= 0.6 is 0 Å². The van der Waals surface area contributed by atoms with Gasteiger partial charge in [-0.2, -0.15) is 0 Å². The summed E-state index contributed by atoms with van der Waals surface area (Å²) in [6, 6.07) is 4.72. The third kappa shape index (κ3) is 3.42. The zero-order chi connectivity index (χ0) is 15.0. The quantitative estimate of drug-likeness (QED) is 0.882. The Balaban J connectivity index is 2.16. The Morgan fingerprint density at radius 1 is 1.20 bits per heavy atom. The Labute approximate surface area is 124 Å². The maximum Gasteiger partial charge on any atom is 0.0293 e. The Morgan fingerprint density at radius 2 is 1.80 bits per heavy atom. The van der Waals surface area contributed by atoms with Gasteiger partial charge in [0.15, 0.2) is 0 Å². The first-order valence-electron chi connectivity index (χ1n) is 7.78. The summed E-state index contributed by atoms with van der Waals surface area (Å²) < 4.78 is 0. The number of hydrogen-bond acceptors (Lipinski definition) is 2. The van der Waals surface area contributed by atoms with Crippen LogP contribution in [-0.2, 0) is 12.0 Å². The second kappa shape index (κ2) is 5.50. The van der Waals surface area contributed by atoms with Gasteiger partial charge in [-0.1, -0.05) is 32.9 Å². The number of nitrogens with one attached hydrogen (secondary N) is 2. The molecule has 2 nitrogen and oxygen atoms in total. The van der Waals surface area contributed by atoms with Crippen molar-refractivity contribution in [2.45, 2.75) is 65.5 Å². The molecule has 20 heavy (non-hydrogen) atoms. The van der Waals surface area contributed by atoms with E-state index in [9.17, 15) is 0 Å². The molecule has 0 bridgehead atoms. The summed E-state index contributed by atoms with van der Waals surface area (Å²) in [4.78, 5) is 0. The molecule has 112 valence electrons. The summed E-state index contributed by atoms with van der Waals surface area (Å²) in [5, 5.41) is 7.20. The fraction of sp³-hybridized carbons (Fsp3) is 0.667. The zero-order valence-corrected chi connectivity index (χ0v) is 14.0. The minimum Gasteiger partial charge on any atom is -0.315 e. The van der Waals surface area contributed by atoms with E-state index in [0.29, 0.717) is 0 Å². The predicted octanol–water partition coefficient (Wildman–Crippen LogP) is 3.44. The third-order valence-corrected chi connectivity index (χ3v) is 4.62. The van der Waals surface area contributed by atoms with Crippen LogP contribution in [-0.4, -0.2) is 18.6 Å². The molecule has 2 N–H and O–H groups in total. The van der Waals surface area contributed by atoms with Crippen molar-refractivity contribution in [1.29, 1.82) is 0 Å².